The van der Waals surface area contributed by atoms with Crippen LogP contribution in [0, 0.1) is 0 Å². The number of carbonyl (C=O) groups is 2. The van der Waals surface area contributed by atoms with Crippen LogP contribution in [0.15, 0.2) is 6.07 Å². The Morgan fingerprint density at radius 2 is 1.81 bits per heavy atom. The number of Topliss-reactive ketones (excluding diaryl/α,β-unsaturated/α-hetero) is 1. The van der Waals surface area contributed by atoms with E-state index in [2.05, 4.69) is 18.8 Å². The van der Waals surface area contributed by atoms with Crippen molar-refractivity contribution in [3.8, 4) is 11.5 Å². The van der Waals surface area contributed by atoms with Gasteiger partial charge in [-0.2, -0.15) is 0 Å². The molecule has 21 heavy (non-hydrogen) atoms. The predicted octanol–water partition coefficient (Wildman–Crippen LogP) is 3.45. The molecule has 0 aromatic carbocycles. The maximum absolute atomic E-state index is 11.5. The molecule has 0 bridgehead atoms. The van der Waals surface area contributed by atoms with Crippen LogP contribution in [0.3, 0.4) is 0 Å². The van der Waals surface area contributed by atoms with Crippen molar-refractivity contribution in [2.75, 3.05) is 13.2 Å². The third-order valence-corrected chi connectivity index (χ3v) is 2.94. The van der Waals surface area contributed by atoms with E-state index in [0.29, 0.717) is 31.0 Å². The first-order valence-corrected chi connectivity index (χ1v) is 7.40. The first-order valence-electron chi connectivity index (χ1n) is 7.40. The Balaban J connectivity index is 3.08. The van der Waals surface area contributed by atoms with Gasteiger partial charge < -0.3 is 9.47 Å². The molecule has 0 saturated heterocycles. The number of ketones is 1. The molecule has 0 amide bonds. The average molecular weight is 293 g/mol. The highest BCUT2D eigenvalue weighted by atomic mass is 16.5. The monoisotopic (exact) mass is 293 g/mol. The van der Waals surface area contributed by atoms with E-state index in [4.69, 9.17) is 9.47 Å². The summed E-state index contributed by atoms with van der Waals surface area (Å²) in [4.78, 5) is 26.7. The minimum absolute atomic E-state index is 0.116. The molecule has 0 aliphatic carbocycles. The maximum Gasteiger partial charge on any atom is 0.190 e. The molecule has 5 heteroatoms. The van der Waals surface area contributed by atoms with E-state index in [9.17, 15) is 9.59 Å². The fourth-order valence-electron chi connectivity index (χ4n) is 1.69. The van der Waals surface area contributed by atoms with Gasteiger partial charge in [-0.1, -0.05) is 26.7 Å². The molecular weight excluding hydrogens is 270 g/mol. The molecule has 0 aliphatic rings. The third-order valence-electron chi connectivity index (χ3n) is 2.94. The van der Waals surface area contributed by atoms with Gasteiger partial charge in [-0.15, -0.1) is 0 Å². The fraction of sp³-hybridized carbons (Fsp3) is 0.562. The van der Waals surface area contributed by atoms with Gasteiger partial charge in [0.05, 0.1) is 13.2 Å². The molecule has 0 N–H and O–H groups in total. The van der Waals surface area contributed by atoms with Gasteiger partial charge in [-0.3, -0.25) is 9.59 Å². The number of aromatic nitrogens is 1. The van der Waals surface area contributed by atoms with Crippen molar-refractivity contribution >= 4 is 12.1 Å². The molecule has 116 valence electrons. The number of unbranched alkanes of at least 4 members (excludes halogenated alkanes) is 2. The Labute approximate surface area is 125 Å². The second-order valence-corrected chi connectivity index (χ2v) is 4.80. The molecule has 0 saturated carbocycles. The van der Waals surface area contributed by atoms with E-state index in [1.807, 2.05) is 0 Å². The maximum atomic E-state index is 11.5. The van der Waals surface area contributed by atoms with Gasteiger partial charge in [0, 0.05) is 13.0 Å². The normalized spacial score (nSPS) is 10.2. The van der Waals surface area contributed by atoms with E-state index in [1.54, 1.807) is 6.07 Å². The molecule has 0 aliphatic heterocycles. The SMILES string of the molecule is CCCCOc1cc(C(C)=O)nc(C=O)c1OCCCC. The Morgan fingerprint density at radius 1 is 1.19 bits per heavy atom. The van der Waals surface area contributed by atoms with Gasteiger partial charge in [0.25, 0.3) is 0 Å². The number of nitrogens with zero attached hydrogens (tertiary/aromatic N) is 1. The number of rotatable bonds is 10. The molecule has 1 aromatic heterocycles. The zero-order valence-electron chi connectivity index (χ0n) is 13.0. The van der Waals surface area contributed by atoms with Gasteiger partial charge in [-0.05, 0) is 12.8 Å². The van der Waals surface area contributed by atoms with Crippen molar-refractivity contribution in [2.45, 2.75) is 46.5 Å². The van der Waals surface area contributed by atoms with Crippen LogP contribution in [-0.2, 0) is 0 Å². The summed E-state index contributed by atoms with van der Waals surface area (Å²) in [6.07, 6.45) is 4.35. The number of aldehydes is 1. The first kappa shape index (κ1) is 17.1. The highest BCUT2D eigenvalue weighted by Crippen LogP contribution is 2.31. The number of pyridine rings is 1. The zero-order chi connectivity index (χ0) is 15.7. The summed E-state index contributed by atoms with van der Waals surface area (Å²) in [5.41, 5.74) is 0.330. The highest BCUT2D eigenvalue weighted by molar-refractivity contribution is 5.94. The molecule has 0 radical (unpaired) electrons. The Hall–Kier alpha value is -1.91. The van der Waals surface area contributed by atoms with Crippen LogP contribution in [0.5, 0.6) is 11.5 Å². The van der Waals surface area contributed by atoms with Crippen molar-refractivity contribution in [3.05, 3.63) is 17.5 Å². The standard InChI is InChI=1S/C16H23NO4/c1-4-6-8-20-15-10-13(12(3)19)17-14(11-18)16(15)21-9-7-5-2/h10-11H,4-9H2,1-3H3. The van der Waals surface area contributed by atoms with Crippen LogP contribution < -0.4 is 9.47 Å². The van der Waals surface area contributed by atoms with Crippen LogP contribution in [-0.4, -0.2) is 30.3 Å². The lowest BCUT2D eigenvalue weighted by atomic mass is 10.2. The summed E-state index contributed by atoms with van der Waals surface area (Å²) in [5.74, 6) is 0.542. The zero-order valence-corrected chi connectivity index (χ0v) is 13.0. The summed E-state index contributed by atoms with van der Waals surface area (Å²) in [6.45, 7) is 6.53. The number of carbonyl (C=O) groups excluding carboxylic acids is 2. The summed E-state index contributed by atoms with van der Waals surface area (Å²) >= 11 is 0. The van der Waals surface area contributed by atoms with Gasteiger partial charge in [0.1, 0.15) is 11.4 Å². The topological polar surface area (TPSA) is 65.5 Å². The molecule has 1 rings (SSSR count). The second-order valence-electron chi connectivity index (χ2n) is 4.80. The predicted molar refractivity (Wildman–Crippen MR) is 80.4 cm³/mol. The van der Waals surface area contributed by atoms with E-state index < -0.39 is 0 Å². The van der Waals surface area contributed by atoms with Crippen LogP contribution in [0.1, 0.15) is 67.4 Å². The molecule has 0 atom stereocenters. The van der Waals surface area contributed by atoms with Crippen LogP contribution in [0.4, 0.5) is 0 Å². The largest absolute Gasteiger partial charge is 0.490 e. The molecule has 1 aromatic rings. The second kappa shape index (κ2) is 9.10. The van der Waals surface area contributed by atoms with Gasteiger partial charge in [0.2, 0.25) is 0 Å². The Bertz CT molecular complexity index is 485. The minimum atomic E-state index is -0.210. The van der Waals surface area contributed by atoms with E-state index >= 15 is 0 Å². The Kier molecular flexibility index (Phi) is 7.43. The summed E-state index contributed by atoms with van der Waals surface area (Å²) in [5, 5.41) is 0. The minimum Gasteiger partial charge on any atom is -0.490 e. The summed E-state index contributed by atoms with van der Waals surface area (Å²) < 4.78 is 11.3. The summed E-state index contributed by atoms with van der Waals surface area (Å²) in [7, 11) is 0. The van der Waals surface area contributed by atoms with E-state index in [-0.39, 0.29) is 17.2 Å². The quantitative estimate of drug-likeness (QED) is 0.375. The van der Waals surface area contributed by atoms with Gasteiger partial charge >= 0.3 is 0 Å². The van der Waals surface area contributed by atoms with E-state index in [0.717, 1.165) is 25.7 Å². The smallest absolute Gasteiger partial charge is 0.190 e. The summed E-state index contributed by atoms with van der Waals surface area (Å²) in [6, 6.07) is 1.55. The van der Waals surface area contributed by atoms with Crippen molar-refractivity contribution in [3.63, 3.8) is 0 Å². The fourth-order valence-corrected chi connectivity index (χ4v) is 1.69. The molecule has 5 nitrogen and oxygen atoms in total. The molecule has 0 unspecified atom stereocenters. The van der Waals surface area contributed by atoms with Crippen LogP contribution in [0.2, 0.25) is 0 Å². The number of hydrogen-bond acceptors (Lipinski definition) is 5. The highest BCUT2D eigenvalue weighted by Gasteiger charge is 2.17. The molecule has 1 heterocycles. The van der Waals surface area contributed by atoms with Crippen molar-refractivity contribution in [1.82, 2.24) is 4.98 Å². The van der Waals surface area contributed by atoms with Crippen LogP contribution >= 0.6 is 0 Å². The first-order chi connectivity index (χ1) is 10.1. The number of ether oxygens (including phenoxy) is 2. The van der Waals surface area contributed by atoms with Gasteiger partial charge in [-0.25, -0.2) is 4.98 Å². The van der Waals surface area contributed by atoms with Crippen molar-refractivity contribution in [2.24, 2.45) is 0 Å². The van der Waals surface area contributed by atoms with Gasteiger partial charge in [0.15, 0.2) is 23.6 Å². The molecular formula is C16H23NO4. The van der Waals surface area contributed by atoms with Crippen molar-refractivity contribution in [1.29, 1.82) is 0 Å². The lowest BCUT2D eigenvalue weighted by molar-refractivity contribution is 0.101. The molecule has 0 spiro atoms. The van der Waals surface area contributed by atoms with Crippen molar-refractivity contribution < 1.29 is 19.1 Å². The Morgan fingerprint density at radius 3 is 2.33 bits per heavy atom. The number of hydrogen-bond donors (Lipinski definition) is 0. The lowest BCUT2D eigenvalue weighted by Gasteiger charge is -2.14. The average Bonchev–Trinajstić information content (AvgIpc) is 2.48. The van der Waals surface area contributed by atoms with E-state index in [1.165, 1.54) is 6.92 Å². The van der Waals surface area contributed by atoms with Crippen LogP contribution in [0.25, 0.3) is 0 Å². The third kappa shape index (κ3) is 5.17. The lowest BCUT2D eigenvalue weighted by Crippen LogP contribution is -2.09. The molecule has 0 fully saturated rings.